The van der Waals surface area contributed by atoms with Gasteiger partial charge in [0.15, 0.2) is 0 Å². The molecule has 0 bridgehead atoms. The fourth-order valence-electron chi connectivity index (χ4n) is 1.66. The first-order valence-electron chi connectivity index (χ1n) is 4.59. The number of benzene rings is 1. The lowest BCUT2D eigenvalue weighted by atomic mass is 9.92. The predicted octanol–water partition coefficient (Wildman–Crippen LogP) is 1.78. The Bertz CT molecular complexity index is 484. The van der Waals surface area contributed by atoms with Gasteiger partial charge in [-0.15, -0.1) is 0 Å². The molecule has 3 nitrogen and oxygen atoms in total. The Hall–Kier alpha value is -1.90. The molecule has 0 spiro atoms. The van der Waals surface area contributed by atoms with E-state index in [9.17, 15) is 9.59 Å². The van der Waals surface area contributed by atoms with Gasteiger partial charge in [0.1, 0.15) is 5.75 Å². The molecule has 0 aromatic heterocycles. The van der Waals surface area contributed by atoms with Crippen molar-refractivity contribution in [3.63, 3.8) is 0 Å². The lowest BCUT2D eigenvalue weighted by molar-refractivity contribution is -0.110. The number of carbonyl (C=O) groups is 2. The van der Waals surface area contributed by atoms with Gasteiger partial charge < -0.3 is 4.74 Å². The number of allylic oxidation sites excluding steroid dienone is 1. The van der Waals surface area contributed by atoms with Crippen LogP contribution in [0.25, 0.3) is 6.08 Å². The largest absolute Gasteiger partial charge is 0.497 e. The third kappa shape index (κ3) is 1.46. The molecule has 0 saturated heterocycles. The van der Waals surface area contributed by atoms with Crippen LogP contribution >= 0.6 is 0 Å². The van der Waals surface area contributed by atoms with Crippen LogP contribution in [-0.4, -0.2) is 18.7 Å². The van der Waals surface area contributed by atoms with E-state index in [2.05, 4.69) is 0 Å². The number of fused-ring (bicyclic) bond motifs is 1. The van der Waals surface area contributed by atoms with Gasteiger partial charge in [0.25, 0.3) is 0 Å². The van der Waals surface area contributed by atoms with Crippen molar-refractivity contribution in [2.24, 2.45) is 0 Å². The molecule has 1 aliphatic rings. The zero-order valence-corrected chi connectivity index (χ0v) is 8.53. The van der Waals surface area contributed by atoms with Crippen LogP contribution in [-0.2, 0) is 4.79 Å². The van der Waals surface area contributed by atoms with E-state index in [1.54, 1.807) is 12.1 Å². The average Bonchev–Trinajstić information content (AvgIpc) is 2.23. The Kier molecular flexibility index (Phi) is 2.15. The van der Waals surface area contributed by atoms with Crippen molar-refractivity contribution in [1.29, 1.82) is 0 Å². The number of ketones is 2. The molecule has 0 atom stereocenters. The maximum Gasteiger partial charge on any atom is 0.233 e. The van der Waals surface area contributed by atoms with Crippen molar-refractivity contribution in [3.05, 3.63) is 34.9 Å². The SMILES string of the molecule is COc1cc(C)c2c(c1)C(=O)C(=O)C=C2. The second-order valence-electron chi connectivity index (χ2n) is 3.43. The van der Waals surface area contributed by atoms with Crippen LogP contribution in [0.15, 0.2) is 18.2 Å². The van der Waals surface area contributed by atoms with Gasteiger partial charge in [-0.3, -0.25) is 9.59 Å². The molecule has 0 amide bonds. The molecule has 1 aliphatic carbocycles. The summed E-state index contributed by atoms with van der Waals surface area (Å²) in [5.41, 5.74) is 2.17. The highest BCUT2D eigenvalue weighted by Gasteiger charge is 2.22. The summed E-state index contributed by atoms with van der Waals surface area (Å²) >= 11 is 0. The van der Waals surface area contributed by atoms with Gasteiger partial charge in [0.05, 0.1) is 7.11 Å². The Labute approximate surface area is 87.4 Å². The van der Waals surface area contributed by atoms with Gasteiger partial charge >= 0.3 is 0 Å². The van der Waals surface area contributed by atoms with Gasteiger partial charge in [-0.05, 0) is 42.3 Å². The number of ether oxygens (including phenoxy) is 1. The van der Waals surface area contributed by atoms with E-state index in [1.807, 2.05) is 13.0 Å². The third-order valence-corrected chi connectivity index (χ3v) is 2.47. The summed E-state index contributed by atoms with van der Waals surface area (Å²) in [5.74, 6) is -0.340. The molecule has 3 heteroatoms. The van der Waals surface area contributed by atoms with Crippen molar-refractivity contribution in [1.82, 2.24) is 0 Å². The van der Waals surface area contributed by atoms with Crippen LogP contribution in [0.3, 0.4) is 0 Å². The first-order valence-corrected chi connectivity index (χ1v) is 4.59. The van der Waals surface area contributed by atoms with Gasteiger partial charge in [-0.1, -0.05) is 0 Å². The van der Waals surface area contributed by atoms with Crippen LogP contribution in [0.2, 0.25) is 0 Å². The second kappa shape index (κ2) is 3.35. The summed E-state index contributed by atoms with van der Waals surface area (Å²) in [5, 5.41) is 0. The standard InChI is InChI=1S/C12H10O3/c1-7-5-8(15-2)6-10-9(7)3-4-11(13)12(10)14/h3-6H,1-2H3. The molecule has 15 heavy (non-hydrogen) atoms. The highest BCUT2D eigenvalue weighted by Crippen LogP contribution is 2.26. The van der Waals surface area contributed by atoms with Crippen molar-refractivity contribution in [2.45, 2.75) is 6.92 Å². The minimum Gasteiger partial charge on any atom is -0.497 e. The van der Waals surface area contributed by atoms with Crippen molar-refractivity contribution in [3.8, 4) is 5.75 Å². The number of carbonyl (C=O) groups excluding carboxylic acids is 2. The van der Waals surface area contributed by atoms with Crippen LogP contribution in [0.1, 0.15) is 21.5 Å². The number of hydrogen-bond acceptors (Lipinski definition) is 3. The van der Waals surface area contributed by atoms with Gasteiger partial charge in [-0.25, -0.2) is 0 Å². The summed E-state index contributed by atoms with van der Waals surface area (Å²) in [6, 6.07) is 3.44. The van der Waals surface area contributed by atoms with E-state index in [-0.39, 0.29) is 0 Å². The maximum absolute atomic E-state index is 11.6. The summed E-state index contributed by atoms with van der Waals surface area (Å²) in [6.45, 7) is 1.88. The molecule has 0 saturated carbocycles. The number of methoxy groups -OCH3 is 1. The monoisotopic (exact) mass is 202 g/mol. The number of aryl methyl sites for hydroxylation is 1. The maximum atomic E-state index is 11.6. The molecule has 0 aliphatic heterocycles. The number of Topliss-reactive ketones (excluding diaryl/α,β-unsaturated/α-hetero) is 1. The summed E-state index contributed by atoms with van der Waals surface area (Å²) in [4.78, 5) is 22.8. The van der Waals surface area contributed by atoms with Crippen LogP contribution in [0.5, 0.6) is 5.75 Å². The normalized spacial score (nSPS) is 14.0. The molecule has 2 rings (SSSR count). The average molecular weight is 202 g/mol. The van der Waals surface area contributed by atoms with Crippen LogP contribution < -0.4 is 4.74 Å². The molecule has 1 aromatic rings. The van der Waals surface area contributed by atoms with Crippen LogP contribution in [0, 0.1) is 6.92 Å². The number of rotatable bonds is 1. The Morgan fingerprint density at radius 2 is 1.87 bits per heavy atom. The summed E-state index contributed by atoms with van der Waals surface area (Å²) in [6.07, 6.45) is 2.98. The minimum atomic E-state index is -0.477. The highest BCUT2D eigenvalue weighted by atomic mass is 16.5. The molecular weight excluding hydrogens is 192 g/mol. The molecular formula is C12H10O3. The molecule has 76 valence electrons. The fraction of sp³-hybridized carbons (Fsp3) is 0.167. The molecule has 0 unspecified atom stereocenters. The first kappa shape index (κ1) is 9.65. The van der Waals surface area contributed by atoms with Gasteiger partial charge in [-0.2, -0.15) is 0 Å². The van der Waals surface area contributed by atoms with E-state index < -0.39 is 11.6 Å². The molecule has 0 radical (unpaired) electrons. The lowest BCUT2D eigenvalue weighted by Gasteiger charge is -2.13. The van der Waals surface area contributed by atoms with Crippen molar-refractivity contribution in [2.75, 3.05) is 7.11 Å². The molecule has 0 heterocycles. The van der Waals surface area contributed by atoms with E-state index >= 15 is 0 Å². The summed E-state index contributed by atoms with van der Waals surface area (Å²) < 4.78 is 5.06. The predicted molar refractivity (Wildman–Crippen MR) is 56.1 cm³/mol. The molecule has 1 aromatic carbocycles. The Morgan fingerprint density at radius 3 is 2.53 bits per heavy atom. The fourth-order valence-corrected chi connectivity index (χ4v) is 1.66. The third-order valence-electron chi connectivity index (χ3n) is 2.47. The topological polar surface area (TPSA) is 43.4 Å². The minimum absolute atomic E-state index is 0.430. The number of hydrogen-bond donors (Lipinski definition) is 0. The Morgan fingerprint density at radius 1 is 1.13 bits per heavy atom. The highest BCUT2D eigenvalue weighted by molar-refractivity contribution is 6.50. The zero-order chi connectivity index (χ0) is 11.0. The first-order chi connectivity index (χ1) is 7.13. The quantitative estimate of drug-likeness (QED) is 0.652. The van der Waals surface area contributed by atoms with E-state index in [1.165, 1.54) is 13.2 Å². The second-order valence-corrected chi connectivity index (χ2v) is 3.43. The van der Waals surface area contributed by atoms with Gasteiger partial charge in [0.2, 0.25) is 11.6 Å². The van der Waals surface area contributed by atoms with E-state index in [0.29, 0.717) is 11.3 Å². The molecule has 0 fully saturated rings. The molecule has 0 N–H and O–H groups in total. The summed E-state index contributed by atoms with van der Waals surface area (Å²) in [7, 11) is 1.53. The van der Waals surface area contributed by atoms with Gasteiger partial charge in [0, 0.05) is 5.56 Å². The smallest absolute Gasteiger partial charge is 0.233 e. The van der Waals surface area contributed by atoms with Crippen molar-refractivity contribution >= 4 is 17.6 Å². The Balaban J connectivity index is 2.68. The zero-order valence-electron chi connectivity index (χ0n) is 8.53. The van der Waals surface area contributed by atoms with E-state index in [4.69, 9.17) is 4.74 Å². The lowest BCUT2D eigenvalue weighted by Crippen LogP contribution is -2.17. The van der Waals surface area contributed by atoms with E-state index in [0.717, 1.165) is 11.1 Å². The van der Waals surface area contributed by atoms with Crippen molar-refractivity contribution < 1.29 is 14.3 Å². The van der Waals surface area contributed by atoms with Crippen LogP contribution in [0.4, 0.5) is 0 Å².